The summed E-state index contributed by atoms with van der Waals surface area (Å²) in [5.41, 5.74) is -2.04. The fourth-order valence-electron chi connectivity index (χ4n) is 1.91. The lowest BCUT2D eigenvalue weighted by atomic mass is 10.1. The number of carbonyl (C=O) groups is 2. The summed E-state index contributed by atoms with van der Waals surface area (Å²) in [5.74, 6) is 4.80. The fourth-order valence-corrected chi connectivity index (χ4v) is 2.13. The van der Waals surface area contributed by atoms with Crippen molar-refractivity contribution in [3.63, 3.8) is 0 Å². The average molecular weight is 440 g/mol. The largest absolute Gasteiger partial charge is 0.462 e. The molecule has 27 heavy (non-hydrogen) atoms. The van der Waals surface area contributed by atoms with Crippen molar-refractivity contribution in [3.05, 3.63) is 35.9 Å². The molecule has 148 valence electrons. The Kier molecular flexibility index (Phi) is 9.33. The van der Waals surface area contributed by atoms with Crippen LogP contribution in [0.3, 0.4) is 0 Å². The van der Waals surface area contributed by atoms with E-state index in [-0.39, 0.29) is 13.2 Å². The van der Waals surface area contributed by atoms with Crippen molar-refractivity contribution in [2.24, 2.45) is 0 Å². The summed E-state index contributed by atoms with van der Waals surface area (Å²) in [5, 5.41) is 3.13. The minimum absolute atomic E-state index is 0.116. The number of hydrogen-bond acceptors (Lipinski definition) is 5. The van der Waals surface area contributed by atoms with Crippen LogP contribution < -0.4 is 5.32 Å². The Labute approximate surface area is 169 Å². The van der Waals surface area contributed by atoms with E-state index >= 15 is 0 Å². The highest BCUT2D eigenvalue weighted by molar-refractivity contribution is 9.09. The Hall–Kier alpha value is -2.04. The number of esters is 1. The second-order valence-electron chi connectivity index (χ2n) is 6.54. The number of ether oxygens (including phenoxy) is 3. The van der Waals surface area contributed by atoms with Crippen LogP contribution in [-0.4, -0.2) is 41.9 Å². The Balaban J connectivity index is 3.23. The number of carbonyl (C=O) groups excluding carboxylic acids is 2. The van der Waals surface area contributed by atoms with Gasteiger partial charge in [-0.3, -0.25) is 5.32 Å². The lowest BCUT2D eigenvalue weighted by Crippen LogP contribution is -2.57. The highest BCUT2D eigenvalue weighted by Gasteiger charge is 2.43. The zero-order valence-electron chi connectivity index (χ0n) is 16.1. The summed E-state index contributed by atoms with van der Waals surface area (Å²) in [6.07, 6.45) is -0.207. The standard InChI is InChI=1S/C20H26BrNO5/c1-5-25-17(23)20(26-15-9-14-21,22-18(24)27-19(2,3)4)13-12-16-10-7-6-8-11-16/h6-8,10-11H,5,9,14-15H2,1-4H3,(H,22,24). The molecule has 0 saturated heterocycles. The van der Waals surface area contributed by atoms with Crippen LogP contribution in [0.4, 0.5) is 4.79 Å². The second kappa shape index (κ2) is 11.0. The van der Waals surface area contributed by atoms with Crippen molar-refractivity contribution >= 4 is 28.0 Å². The molecule has 0 radical (unpaired) electrons. The van der Waals surface area contributed by atoms with E-state index in [1.54, 1.807) is 39.8 Å². The fraction of sp³-hybridized carbons (Fsp3) is 0.500. The maximum Gasteiger partial charge on any atom is 0.411 e. The predicted molar refractivity (Wildman–Crippen MR) is 106 cm³/mol. The quantitative estimate of drug-likeness (QED) is 0.231. The summed E-state index contributed by atoms with van der Waals surface area (Å²) in [4.78, 5) is 25.0. The number of halogens is 1. The molecule has 0 bridgehead atoms. The molecular weight excluding hydrogens is 414 g/mol. The Morgan fingerprint density at radius 2 is 1.85 bits per heavy atom. The molecule has 1 atom stereocenters. The first kappa shape index (κ1) is 23.0. The van der Waals surface area contributed by atoms with Crippen LogP contribution in [0.2, 0.25) is 0 Å². The van der Waals surface area contributed by atoms with E-state index < -0.39 is 23.4 Å². The first-order chi connectivity index (χ1) is 12.7. The van der Waals surface area contributed by atoms with Gasteiger partial charge in [-0.15, -0.1) is 0 Å². The van der Waals surface area contributed by atoms with Crippen LogP contribution in [-0.2, 0) is 19.0 Å². The topological polar surface area (TPSA) is 73.9 Å². The van der Waals surface area contributed by atoms with Crippen molar-refractivity contribution in [2.45, 2.75) is 45.4 Å². The summed E-state index contributed by atoms with van der Waals surface area (Å²) < 4.78 is 16.1. The number of alkyl carbamates (subject to hydrolysis) is 1. The zero-order chi connectivity index (χ0) is 20.3. The van der Waals surface area contributed by atoms with Crippen LogP contribution in [0.1, 0.15) is 39.7 Å². The molecule has 0 saturated carbocycles. The highest BCUT2D eigenvalue weighted by atomic mass is 79.9. The van der Waals surface area contributed by atoms with E-state index in [2.05, 4.69) is 33.1 Å². The highest BCUT2D eigenvalue weighted by Crippen LogP contribution is 2.14. The first-order valence-corrected chi connectivity index (χ1v) is 9.81. The molecule has 1 unspecified atom stereocenters. The van der Waals surface area contributed by atoms with Gasteiger partial charge in [-0.05, 0) is 52.2 Å². The lowest BCUT2D eigenvalue weighted by Gasteiger charge is -2.29. The minimum atomic E-state index is -1.96. The minimum Gasteiger partial charge on any atom is -0.462 e. The molecule has 0 aliphatic carbocycles. The molecule has 0 aliphatic heterocycles. The molecule has 7 heteroatoms. The van der Waals surface area contributed by atoms with E-state index in [0.29, 0.717) is 17.3 Å². The molecule has 1 amide bonds. The van der Waals surface area contributed by atoms with Crippen molar-refractivity contribution in [1.29, 1.82) is 0 Å². The van der Waals surface area contributed by atoms with E-state index in [0.717, 1.165) is 0 Å². The van der Waals surface area contributed by atoms with Crippen LogP contribution in [0.25, 0.3) is 0 Å². The SMILES string of the molecule is CCOC(=O)C(C#Cc1ccccc1)(NC(=O)OC(C)(C)C)OCCCBr. The van der Waals surface area contributed by atoms with Gasteiger partial charge in [0, 0.05) is 10.9 Å². The van der Waals surface area contributed by atoms with Crippen molar-refractivity contribution in [2.75, 3.05) is 18.5 Å². The molecular formula is C20H26BrNO5. The maximum atomic E-state index is 12.7. The molecule has 0 spiro atoms. The predicted octanol–water partition coefficient (Wildman–Crippen LogP) is 3.62. The second-order valence-corrected chi connectivity index (χ2v) is 7.33. The van der Waals surface area contributed by atoms with Crippen molar-refractivity contribution < 1.29 is 23.8 Å². The molecule has 1 N–H and O–H groups in total. The van der Waals surface area contributed by atoms with Crippen molar-refractivity contribution in [1.82, 2.24) is 5.32 Å². The number of rotatable bonds is 7. The van der Waals surface area contributed by atoms with Gasteiger partial charge in [0.05, 0.1) is 13.2 Å². The van der Waals surface area contributed by atoms with Crippen LogP contribution >= 0.6 is 15.9 Å². The monoisotopic (exact) mass is 439 g/mol. The van der Waals surface area contributed by atoms with Gasteiger partial charge >= 0.3 is 17.8 Å². The van der Waals surface area contributed by atoms with Crippen LogP contribution in [0.15, 0.2) is 30.3 Å². The first-order valence-electron chi connectivity index (χ1n) is 8.69. The van der Waals surface area contributed by atoms with Gasteiger partial charge in [-0.2, -0.15) is 0 Å². The average Bonchev–Trinajstić information content (AvgIpc) is 2.59. The van der Waals surface area contributed by atoms with Gasteiger partial charge in [-0.1, -0.05) is 40.0 Å². The summed E-state index contributed by atoms with van der Waals surface area (Å²) in [7, 11) is 0. The number of benzene rings is 1. The summed E-state index contributed by atoms with van der Waals surface area (Å²) >= 11 is 3.31. The zero-order valence-corrected chi connectivity index (χ0v) is 17.7. The molecule has 1 aromatic carbocycles. The molecule has 0 aliphatic rings. The van der Waals surface area contributed by atoms with E-state index in [1.807, 2.05) is 18.2 Å². The molecule has 1 rings (SSSR count). The Morgan fingerprint density at radius 1 is 1.19 bits per heavy atom. The van der Waals surface area contributed by atoms with E-state index in [1.165, 1.54) is 0 Å². The van der Waals surface area contributed by atoms with Gasteiger partial charge < -0.3 is 14.2 Å². The van der Waals surface area contributed by atoms with E-state index in [4.69, 9.17) is 14.2 Å². The van der Waals surface area contributed by atoms with Gasteiger partial charge in [0.15, 0.2) is 0 Å². The third kappa shape index (κ3) is 8.46. The normalized spacial score (nSPS) is 12.9. The third-order valence-electron chi connectivity index (χ3n) is 2.99. The summed E-state index contributed by atoms with van der Waals surface area (Å²) in [6.45, 7) is 7.13. The van der Waals surface area contributed by atoms with Gasteiger partial charge in [0.2, 0.25) is 0 Å². The van der Waals surface area contributed by atoms with Gasteiger partial charge in [0.1, 0.15) is 5.60 Å². The van der Waals surface area contributed by atoms with Gasteiger partial charge in [-0.25, -0.2) is 9.59 Å². The smallest absolute Gasteiger partial charge is 0.411 e. The number of alkyl halides is 1. The van der Waals surface area contributed by atoms with Crippen LogP contribution in [0, 0.1) is 11.8 Å². The van der Waals surface area contributed by atoms with Gasteiger partial charge in [0.25, 0.3) is 0 Å². The Bertz CT molecular complexity index is 675. The third-order valence-corrected chi connectivity index (χ3v) is 3.55. The van der Waals surface area contributed by atoms with E-state index in [9.17, 15) is 9.59 Å². The van der Waals surface area contributed by atoms with Crippen molar-refractivity contribution in [3.8, 4) is 11.8 Å². The molecule has 6 nitrogen and oxygen atoms in total. The maximum absolute atomic E-state index is 12.7. The molecule has 0 fully saturated rings. The lowest BCUT2D eigenvalue weighted by molar-refractivity contribution is -0.168. The number of hydrogen-bond donors (Lipinski definition) is 1. The van der Waals surface area contributed by atoms with Crippen LogP contribution in [0.5, 0.6) is 0 Å². The molecule has 0 heterocycles. The Morgan fingerprint density at radius 3 is 2.41 bits per heavy atom. The number of nitrogens with one attached hydrogen (secondary N) is 1. The number of amides is 1. The molecule has 1 aromatic rings. The molecule has 0 aromatic heterocycles. The summed E-state index contributed by atoms with van der Waals surface area (Å²) in [6, 6.07) is 9.07.